The van der Waals surface area contributed by atoms with Crippen LogP contribution < -0.4 is 0 Å². The molecule has 1 aliphatic heterocycles. The molecule has 0 spiro atoms. The largest absolute Gasteiger partial charge is 0.378 e. The molecule has 3 unspecified atom stereocenters. The molecule has 1 aromatic rings. The van der Waals surface area contributed by atoms with Gasteiger partial charge in [-0.3, -0.25) is 0 Å². The predicted octanol–water partition coefficient (Wildman–Crippen LogP) is 1.81. The molecule has 2 heterocycles. The Morgan fingerprint density at radius 2 is 2.35 bits per heavy atom. The van der Waals surface area contributed by atoms with E-state index in [0.717, 1.165) is 38.1 Å². The first-order valence-corrected chi connectivity index (χ1v) is 6.20. The van der Waals surface area contributed by atoms with Crippen LogP contribution in [0.5, 0.6) is 0 Å². The summed E-state index contributed by atoms with van der Waals surface area (Å²) >= 11 is 0. The molecule has 0 N–H and O–H groups in total. The Kier molecular flexibility index (Phi) is 2.81. The lowest BCUT2D eigenvalue weighted by molar-refractivity contribution is 0.0153. The Labute approximate surface area is 99.8 Å². The second-order valence-corrected chi connectivity index (χ2v) is 4.82. The van der Waals surface area contributed by atoms with Crippen molar-refractivity contribution < 1.29 is 9.26 Å². The molecule has 1 aliphatic carbocycles. The molecule has 5 nitrogen and oxygen atoms in total. The van der Waals surface area contributed by atoms with Crippen LogP contribution in [0.25, 0.3) is 0 Å². The van der Waals surface area contributed by atoms with Gasteiger partial charge in [0.1, 0.15) is 0 Å². The van der Waals surface area contributed by atoms with Crippen molar-refractivity contribution in [1.82, 2.24) is 10.1 Å². The van der Waals surface area contributed by atoms with Crippen LogP contribution in [0.15, 0.2) is 4.52 Å². The van der Waals surface area contributed by atoms with Crippen LogP contribution in [0.2, 0.25) is 0 Å². The first-order valence-electron chi connectivity index (χ1n) is 6.20. The van der Waals surface area contributed by atoms with Crippen LogP contribution in [-0.4, -0.2) is 22.9 Å². The third kappa shape index (κ3) is 2.32. The van der Waals surface area contributed by atoms with E-state index in [2.05, 4.69) is 16.2 Å². The van der Waals surface area contributed by atoms with Gasteiger partial charge in [-0.2, -0.15) is 10.2 Å². The van der Waals surface area contributed by atoms with Crippen molar-refractivity contribution >= 4 is 0 Å². The van der Waals surface area contributed by atoms with Gasteiger partial charge in [0.15, 0.2) is 5.82 Å². The minimum Gasteiger partial charge on any atom is -0.378 e. The zero-order valence-electron chi connectivity index (χ0n) is 9.63. The van der Waals surface area contributed by atoms with Gasteiger partial charge < -0.3 is 9.26 Å². The lowest BCUT2D eigenvalue weighted by atomic mass is 10.1. The molecule has 0 aromatic carbocycles. The summed E-state index contributed by atoms with van der Waals surface area (Å²) in [7, 11) is 0. The third-order valence-electron chi connectivity index (χ3n) is 3.44. The summed E-state index contributed by atoms with van der Waals surface area (Å²) in [5, 5.41) is 12.7. The molecule has 3 atom stereocenters. The molecule has 3 rings (SSSR count). The summed E-state index contributed by atoms with van der Waals surface area (Å²) in [6.45, 7) is 0.842. The maximum Gasteiger partial charge on any atom is 0.231 e. The lowest BCUT2D eigenvalue weighted by Crippen LogP contribution is -2.21. The van der Waals surface area contributed by atoms with E-state index < -0.39 is 0 Å². The maximum atomic E-state index is 8.75. The molecule has 2 aliphatic rings. The molecule has 90 valence electrons. The first kappa shape index (κ1) is 10.7. The Balaban J connectivity index is 1.59. The van der Waals surface area contributed by atoms with Crippen molar-refractivity contribution in [3.63, 3.8) is 0 Å². The molecule has 0 bridgehead atoms. The van der Waals surface area contributed by atoms with Crippen LogP contribution >= 0.6 is 0 Å². The maximum absolute atomic E-state index is 8.75. The number of aromatic nitrogens is 2. The number of nitrogens with zero attached hydrogens (tertiary/aromatic N) is 3. The van der Waals surface area contributed by atoms with Gasteiger partial charge in [0.25, 0.3) is 0 Å². The second-order valence-electron chi connectivity index (χ2n) is 4.82. The standard InChI is InChI=1S/C12H15N3O2/c13-7-8-5-10(8)12-14-11(15-17-12)6-9-3-1-2-4-16-9/h8-10H,1-6H2. The van der Waals surface area contributed by atoms with E-state index in [0.29, 0.717) is 5.89 Å². The highest BCUT2D eigenvalue weighted by molar-refractivity contribution is 5.15. The summed E-state index contributed by atoms with van der Waals surface area (Å²) < 4.78 is 10.8. The Morgan fingerprint density at radius 1 is 1.41 bits per heavy atom. The monoisotopic (exact) mass is 233 g/mol. The minimum absolute atomic E-state index is 0.0780. The topological polar surface area (TPSA) is 71.9 Å². The van der Waals surface area contributed by atoms with Gasteiger partial charge in [-0.15, -0.1) is 0 Å². The van der Waals surface area contributed by atoms with Crippen LogP contribution in [0.1, 0.15) is 43.3 Å². The summed E-state index contributed by atoms with van der Waals surface area (Å²) in [4.78, 5) is 4.36. The first-order chi connectivity index (χ1) is 8.36. The van der Waals surface area contributed by atoms with Crippen molar-refractivity contribution in [3.8, 4) is 6.07 Å². The number of hydrogen-bond acceptors (Lipinski definition) is 5. The fourth-order valence-electron chi connectivity index (χ4n) is 2.28. The zero-order chi connectivity index (χ0) is 11.7. The fraction of sp³-hybridized carbons (Fsp3) is 0.750. The van der Waals surface area contributed by atoms with Crippen molar-refractivity contribution in [2.45, 2.75) is 44.1 Å². The number of nitriles is 1. The second kappa shape index (κ2) is 4.46. The van der Waals surface area contributed by atoms with Gasteiger partial charge in [-0.25, -0.2) is 0 Å². The molecule has 0 amide bonds. The number of hydrogen-bond donors (Lipinski definition) is 0. The number of ether oxygens (including phenoxy) is 1. The highest BCUT2D eigenvalue weighted by Crippen LogP contribution is 2.46. The van der Waals surface area contributed by atoms with E-state index >= 15 is 0 Å². The highest BCUT2D eigenvalue weighted by Gasteiger charge is 2.43. The smallest absolute Gasteiger partial charge is 0.231 e. The average molecular weight is 233 g/mol. The van der Waals surface area contributed by atoms with Crippen LogP contribution in [-0.2, 0) is 11.2 Å². The fourth-order valence-corrected chi connectivity index (χ4v) is 2.28. The zero-order valence-corrected chi connectivity index (χ0v) is 9.63. The minimum atomic E-state index is 0.0780. The third-order valence-corrected chi connectivity index (χ3v) is 3.44. The van der Waals surface area contributed by atoms with Crippen LogP contribution in [0.3, 0.4) is 0 Å². The van der Waals surface area contributed by atoms with Crippen molar-refractivity contribution in [2.75, 3.05) is 6.61 Å². The van der Waals surface area contributed by atoms with Gasteiger partial charge in [0.2, 0.25) is 5.89 Å². The molecule has 1 aromatic heterocycles. The van der Waals surface area contributed by atoms with E-state index in [9.17, 15) is 0 Å². The summed E-state index contributed by atoms with van der Waals surface area (Å²) in [5.74, 6) is 1.60. The van der Waals surface area contributed by atoms with Gasteiger partial charge in [-0.05, 0) is 25.7 Å². The Hall–Kier alpha value is -1.41. The normalized spacial score (nSPS) is 32.1. The quantitative estimate of drug-likeness (QED) is 0.796. The Bertz CT molecular complexity index is 431. The SMILES string of the molecule is N#CC1CC1c1nc(CC2CCCCO2)no1. The predicted molar refractivity (Wildman–Crippen MR) is 58.1 cm³/mol. The molecule has 5 heteroatoms. The van der Waals surface area contributed by atoms with Crippen LogP contribution in [0.4, 0.5) is 0 Å². The summed E-state index contributed by atoms with van der Waals surface area (Å²) in [6, 6.07) is 2.23. The molecule has 17 heavy (non-hydrogen) atoms. The highest BCUT2D eigenvalue weighted by atomic mass is 16.5. The van der Waals surface area contributed by atoms with Gasteiger partial charge >= 0.3 is 0 Å². The average Bonchev–Trinajstić information content (AvgIpc) is 3.03. The molecular weight excluding hydrogens is 218 g/mol. The van der Waals surface area contributed by atoms with Crippen molar-refractivity contribution in [3.05, 3.63) is 11.7 Å². The molecule has 0 radical (unpaired) electrons. The summed E-state index contributed by atoms with van der Waals surface area (Å²) in [5.41, 5.74) is 0. The van der Waals surface area contributed by atoms with Crippen LogP contribution in [0, 0.1) is 17.2 Å². The van der Waals surface area contributed by atoms with E-state index in [4.69, 9.17) is 14.5 Å². The van der Waals surface area contributed by atoms with E-state index in [-0.39, 0.29) is 17.9 Å². The van der Waals surface area contributed by atoms with Gasteiger partial charge in [0.05, 0.1) is 24.0 Å². The molecule has 2 fully saturated rings. The summed E-state index contributed by atoms with van der Waals surface area (Å²) in [6.07, 6.45) is 5.27. The Morgan fingerprint density at radius 3 is 3.06 bits per heavy atom. The molecule has 1 saturated carbocycles. The lowest BCUT2D eigenvalue weighted by Gasteiger charge is -2.20. The van der Waals surface area contributed by atoms with Gasteiger partial charge in [0, 0.05) is 13.0 Å². The van der Waals surface area contributed by atoms with Gasteiger partial charge in [-0.1, -0.05) is 5.16 Å². The molecular formula is C12H15N3O2. The number of rotatable bonds is 3. The van der Waals surface area contributed by atoms with Crippen molar-refractivity contribution in [2.24, 2.45) is 5.92 Å². The van der Waals surface area contributed by atoms with Crippen molar-refractivity contribution in [1.29, 1.82) is 5.26 Å². The van der Waals surface area contributed by atoms with E-state index in [1.807, 2.05) is 0 Å². The molecule has 1 saturated heterocycles. The van der Waals surface area contributed by atoms with E-state index in [1.54, 1.807) is 0 Å². The van der Waals surface area contributed by atoms with E-state index in [1.165, 1.54) is 6.42 Å².